The molecule has 0 saturated carbocycles. The SMILES string of the molecule is C=CCOC(=O)CC(CCCCC/C=C/CCCCCCCCCCCCC)C(=O)O. The largest absolute Gasteiger partial charge is 0.481 e. The summed E-state index contributed by atoms with van der Waals surface area (Å²) in [7, 11) is 0. The van der Waals surface area contributed by atoms with Crippen LogP contribution in [0.5, 0.6) is 0 Å². The number of ether oxygens (including phenoxy) is 1. The zero-order chi connectivity index (χ0) is 23.0. The summed E-state index contributed by atoms with van der Waals surface area (Å²) in [6.07, 6.45) is 26.8. The van der Waals surface area contributed by atoms with Crippen molar-refractivity contribution in [1.82, 2.24) is 0 Å². The molecule has 0 aliphatic heterocycles. The molecule has 180 valence electrons. The van der Waals surface area contributed by atoms with Gasteiger partial charge in [0.15, 0.2) is 0 Å². The van der Waals surface area contributed by atoms with Crippen molar-refractivity contribution < 1.29 is 19.4 Å². The summed E-state index contributed by atoms with van der Waals surface area (Å²) in [5.41, 5.74) is 0. The maximum atomic E-state index is 11.6. The number of carboxylic acids is 1. The highest BCUT2D eigenvalue weighted by molar-refractivity contribution is 5.78. The second-order valence-electron chi connectivity index (χ2n) is 8.64. The number of hydrogen-bond donors (Lipinski definition) is 1. The normalized spacial score (nSPS) is 12.2. The van der Waals surface area contributed by atoms with Crippen molar-refractivity contribution in [3.05, 3.63) is 24.8 Å². The first-order chi connectivity index (χ1) is 15.1. The molecule has 0 fully saturated rings. The number of unbranched alkanes of at least 4 members (excludes halogenated alkanes) is 14. The van der Waals surface area contributed by atoms with E-state index in [4.69, 9.17) is 4.74 Å². The summed E-state index contributed by atoms with van der Waals surface area (Å²) in [5.74, 6) is -2.02. The third-order valence-electron chi connectivity index (χ3n) is 5.69. The van der Waals surface area contributed by atoms with Crippen molar-refractivity contribution in [1.29, 1.82) is 0 Å². The van der Waals surface area contributed by atoms with Crippen LogP contribution in [0.1, 0.15) is 122 Å². The van der Waals surface area contributed by atoms with E-state index >= 15 is 0 Å². The summed E-state index contributed by atoms with van der Waals surface area (Å²) in [5, 5.41) is 9.25. The Kier molecular flexibility index (Phi) is 21.9. The number of aliphatic carboxylic acids is 1. The molecule has 0 heterocycles. The Bertz CT molecular complexity index is 470. The number of allylic oxidation sites excluding steroid dienone is 2. The Morgan fingerprint density at radius 1 is 0.806 bits per heavy atom. The van der Waals surface area contributed by atoms with Gasteiger partial charge in [-0.25, -0.2) is 0 Å². The molecule has 1 unspecified atom stereocenters. The van der Waals surface area contributed by atoms with Crippen molar-refractivity contribution in [2.75, 3.05) is 6.61 Å². The van der Waals surface area contributed by atoms with E-state index in [9.17, 15) is 14.7 Å². The molecule has 1 N–H and O–H groups in total. The smallest absolute Gasteiger partial charge is 0.307 e. The van der Waals surface area contributed by atoms with Gasteiger partial charge in [0.25, 0.3) is 0 Å². The molecular weight excluding hydrogens is 388 g/mol. The lowest BCUT2D eigenvalue weighted by molar-refractivity contribution is -0.151. The minimum absolute atomic E-state index is 0.0535. The van der Waals surface area contributed by atoms with Gasteiger partial charge < -0.3 is 9.84 Å². The van der Waals surface area contributed by atoms with Crippen LogP contribution in [0.4, 0.5) is 0 Å². The molecule has 0 rings (SSSR count). The molecule has 1 atom stereocenters. The predicted molar refractivity (Wildman–Crippen MR) is 130 cm³/mol. The quantitative estimate of drug-likeness (QED) is 0.100. The van der Waals surface area contributed by atoms with Crippen molar-refractivity contribution in [2.45, 2.75) is 122 Å². The van der Waals surface area contributed by atoms with Crippen LogP contribution < -0.4 is 0 Å². The van der Waals surface area contributed by atoms with Crippen molar-refractivity contribution >= 4 is 11.9 Å². The summed E-state index contributed by atoms with van der Waals surface area (Å²) < 4.78 is 4.88. The molecule has 0 radical (unpaired) electrons. The molecule has 31 heavy (non-hydrogen) atoms. The predicted octanol–water partition coefficient (Wildman–Crippen LogP) is 8.01. The average molecular weight is 437 g/mol. The maximum Gasteiger partial charge on any atom is 0.307 e. The molecule has 0 aliphatic carbocycles. The van der Waals surface area contributed by atoms with Crippen molar-refractivity contribution in [3.63, 3.8) is 0 Å². The molecule has 0 aromatic carbocycles. The molecule has 0 aromatic heterocycles. The van der Waals surface area contributed by atoms with Crippen LogP contribution in [0.3, 0.4) is 0 Å². The molecule has 4 nitrogen and oxygen atoms in total. The van der Waals surface area contributed by atoms with Gasteiger partial charge in [0.05, 0.1) is 12.3 Å². The van der Waals surface area contributed by atoms with E-state index in [0.29, 0.717) is 6.42 Å². The fraction of sp³-hybridized carbons (Fsp3) is 0.778. The summed E-state index contributed by atoms with van der Waals surface area (Å²) in [6, 6.07) is 0. The first kappa shape index (κ1) is 29.4. The summed E-state index contributed by atoms with van der Waals surface area (Å²) in [4.78, 5) is 22.8. The number of esters is 1. The van der Waals surface area contributed by atoms with Gasteiger partial charge in [-0.05, 0) is 32.1 Å². The lowest BCUT2D eigenvalue weighted by Gasteiger charge is -2.11. The monoisotopic (exact) mass is 436 g/mol. The Morgan fingerprint density at radius 2 is 1.29 bits per heavy atom. The highest BCUT2D eigenvalue weighted by Gasteiger charge is 2.21. The van der Waals surface area contributed by atoms with Gasteiger partial charge in [-0.2, -0.15) is 0 Å². The Morgan fingerprint density at radius 3 is 1.77 bits per heavy atom. The van der Waals surface area contributed by atoms with Crippen LogP contribution in [0.2, 0.25) is 0 Å². The lowest BCUT2D eigenvalue weighted by Crippen LogP contribution is -2.19. The number of carboxylic acid groups (broad SMARTS) is 1. The van der Waals surface area contributed by atoms with E-state index in [-0.39, 0.29) is 13.0 Å². The number of carbonyl (C=O) groups is 2. The number of rotatable bonds is 23. The third-order valence-corrected chi connectivity index (χ3v) is 5.69. The Labute approximate surface area is 191 Å². The van der Waals surface area contributed by atoms with Crippen LogP contribution in [-0.2, 0) is 14.3 Å². The molecule has 0 saturated heterocycles. The number of hydrogen-bond acceptors (Lipinski definition) is 3. The third kappa shape index (κ3) is 21.4. The van der Waals surface area contributed by atoms with Gasteiger partial charge in [0, 0.05) is 0 Å². The average Bonchev–Trinajstić information content (AvgIpc) is 2.75. The second kappa shape index (κ2) is 23.1. The van der Waals surface area contributed by atoms with Crippen molar-refractivity contribution in [3.8, 4) is 0 Å². The fourth-order valence-corrected chi connectivity index (χ4v) is 3.72. The lowest BCUT2D eigenvalue weighted by atomic mass is 9.97. The summed E-state index contributed by atoms with van der Waals surface area (Å²) in [6.45, 7) is 5.88. The molecule has 0 bridgehead atoms. The van der Waals surface area contributed by atoms with Crippen molar-refractivity contribution in [2.24, 2.45) is 5.92 Å². The van der Waals surface area contributed by atoms with E-state index in [1.54, 1.807) is 0 Å². The van der Waals surface area contributed by atoms with E-state index < -0.39 is 17.9 Å². The Hall–Kier alpha value is -1.58. The van der Waals surface area contributed by atoms with Crippen LogP contribution in [0.25, 0.3) is 0 Å². The molecular formula is C27H48O4. The minimum Gasteiger partial charge on any atom is -0.481 e. The van der Waals surface area contributed by atoms with Gasteiger partial charge in [-0.1, -0.05) is 109 Å². The van der Waals surface area contributed by atoms with E-state index in [1.807, 2.05) is 0 Å². The van der Waals surface area contributed by atoms with Gasteiger partial charge >= 0.3 is 11.9 Å². The molecule has 0 aliphatic rings. The fourth-order valence-electron chi connectivity index (χ4n) is 3.72. The van der Waals surface area contributed by atoms with Gasteiger partial charge in [0.2, 0.25) is 0 Å². The molecule has 4 heteroatoms. The van der Waals surface area contributed by atoms with Gasteiger partial charge in [-0.15, -0.1) is 0 Å². The molecule has 0 amide bonds. The van der Waals surface area contributed by atoms with E-state index in [1.165, 1.54) is 83.1 Å². The minimum atomic E-state index is -0.914. The van der Waals surface area contributed by atoms with E-state index in [2.05, 4.69) is 25.7 Å². The van der Waals surface area contributed by atoms with Crippen LogP contribution in [0.15, 0.2) is 24.8 Å². The highest BCUT2D eigenvalue weighted by Crippen LogP contribution is 2.16. The Balaban J connectivity index is 3.49. The van der Waals surface area contributed by atoms with Gasteiger partial charge in [-0.3, -0.25) is 9.59 Å². The topological polar surface area (TPSA) is 63.6 Å². The molecule has 0 spiro atoms. The van der Waals surface area contributed by atoms with Gasteiger partial charge in [0.1, 0.15) is 6.61 Å². The van der Waals surface area contributed by atoms with Crippen LogP contribution in [-0.4, -0.2) is 23.7 Å². The first-order valence-electron chi connectivity index (χ1n) is 12.8. The molecule has 0 aromatic rings. The van der Waals surface area contributed by atoms with E-state index in [0.717, 1.165) is 25.7 Å². The second-order valence-corrected chi connectivity index (χ2v) is 8.64. The standard InChI is InChI=1S/C27H48O4/c1-3-5-6-7-8-9-10-11-12-13-14-15-16-17-18-19-20-21-22-25(27(29)30)24-26(28)31-23-4-2/h4,16-17,25H,2-3,5-15,18-24H2,1H3,(H,29,30)/b17-16+. The van der Waals surface area contributed by atoms with Crippen LogP contribution in [0, 0.1) is 5.92 Å². The zero-order valence-corrected chi connectivity index (χ0v) is 20.1. The van der Waals surface area contributed by atoms with Crippen LogP contribution >= 0.6 is 0 Å². The highest BCUT2D eigenvalue weighted by atomic mass is 16.5. The first-order valence-corrected chi connectivity index (χ1v) is 12.8. The maximum absolute atomic E-state index is 11.6. The zero-order valence-electron chi connectivity index (χ0n) is 20.1. The summed E-state index contributed by atoms with van der Waals surface area (Å²) >= 11 is 0. The number of carbonyl (C=O) groups excluding carboxylic acids is 1.